The summed E-state index contributed by atoms with van der Waals surface area (Å²) in [6.07, 6.45) is 3.11. The van der Waals surface area contributed by atoms with Crippen LogP contribution in [0.25, 0.3) is 0 Å². The third-order valence-electron chi connectivity index (χ3n) is 6.47. The minimum Gasteiger partial charge on any atom is -0.411 e. The number of rotatable bonds is 12. The maximum Gasteiger partial charge on any atom is 0.238 e. The van der Waals surface area contributed by atoms with Gasteiger partial charge in [0.15, 0.2) is 5.78 Å². The molecule has 0 aliphatic heterocycles. The Bertz CT molecular complexity index is 2040. The minimum atomic E-state index is -3.74. The Hall–Kier alpha value is -4.28. The number of halogens is 2. The molecule has 2 atom stereocenters. The number of nitrogens with two attached hydrogens (primary N) is 2. The van der Waals surface area contributed by atoms with Crippen molar-refractivity contribution < 1.29 is 26.8 Å². The summed E-state index contributed by atoms with van der Waals surface area (Å²) in [6.45, 7) is 6.72. The third-order valence-corrected chi connectivity index (χ3v) is 9.49. The van der Waals surface area contributed by atoms with Gasteiger partial charge in [0.25, 0.3) is 0 Å². The highest BCUT2D eigenvalue weighted by atomic mass is 79.9. The summed E-state index contributed by atoms with van der Waals surface area (Å²) in [5, 5.41) is 34.1. The number of anilines is 6. The molecule has 17 nitrogen and oxygen atoms in total. The molecule has 21 heteroatoms. The number of hydrogen-bond donors (Lipinski definition) is 7. The van der Waals surface area contributed by atoms with Crippen LogP contribution in [0.2, 0.25) is 0 Å². The Labute approximate surface area is 299 Å². The number of nitrogens with one attached hydrogen (secondary N) is 4. The van der Waals surface area contributed by atoms with Crippen LogP contribution < -0.4 is 31.5 Å². The van der Waals surface area contributed by atoms with E-state index < -0.39 is 26.1 Å². The number of carbonyl (C=O) groups excluding carboxylic acids is 1. The van der Waals surface area contributed by atoms with Crippen molar-refractivity contribution in [2.24, 2.45) is 15.4 Å². The number of sulfonamides is 2. The van der Waals surface area contributed by atoms with Gasteiger partial charge in [-0.05, 0) is 108 Å². The van der Waals surface area contributed by atoms with Crippen molar-refractivity contribution >= 4 is 98.3 Å². The summed E-state index contributed by atoms with van der Waals surface area (Å²) in [5.41, 5.74) is 1.69. The number of oxime groups is 1. The van der Waals surface area contributed by atoms with Crippen molar-refractivity contribution in [3.8, 4) is 0 Å². The molecule has 4 rings (SSSR count). The van der Waals surface area contributed by atoms with Gasteiger partial charge in [-0.2, -0.15) is 9.97 Å². The zero-order valence-electron chi connectivity index (χ0n) is 26.4. The molecule has 0 saturated heterocycles. The van der Waals surface area contributed by atoms with Gasteiger partial charge >= 0.3 is 0 Å². The molecule has 2 aromatic heterocycles. The van der Waals surface area contributed by atoms with Crippen molar-refractivity contribution in [3.63, 3.8) is 0 Å². The molecule has 0 amide bonds. The number of benzene rings is 2. The highest BCUT2D eigenvalue weighted by Gasteiger charge is 2.14. The second kappa shape index (κ2) is 16.9. The molecular formula is C28H33Br2N11O6S2. The zero-order chi connectivity index (χ0) is 36.5. The van der Waals surface area contributed by atoms with Crippen LogP contribution in [0.5, 0.6) is 0 Å². The molecule has 9 N–H and O–H groups in total. The second-order valence-corrected chi connectivity index (χ2v) is 15.1. The van der Waals surface area contributed by atoms with E-state index in [9.17, 15) is 21.6 Å². The summed E-state index contributed by atoms with van der Waals surface area (Å²) in [6, 6.07) is 11.1. The van der Waals surface area contributed by atoms with E-state index in [1.165, 1.54) is 31.2 Å². The minimum absolute atomic E-state index is 0.0161. The lowest BCUT2D eigenvalue weighted by atomic mass is 10.2. The fraction of sp³-hybridized carbons (Fsp3) is 0.214. The van der Waals surface area contributed by atoms with Gasteiger partial charge in [0.2, 0.25) is 31.9 Å². The molecule has 2 aromatic carbocycles. The molecule has 0 saturated carbocycles. The number of ketones is 1. The van der Waals surface area contributed by atoms with Crippen molar-refractivity contribution in [3.05, 3.63) is 69.9 Å². The van der Waals surface area contributed by atoms with Crippen molar-refractivity contribution in [1.82, 2.24) is 19.9 Å². The van der Waals surface area contributed by atoms with Crippen LogP contribution in [-0.4, -0.2) is 65.6 Å². The topological polar surface area (TPSA) is 270 Å². The lowest BCUT2D eigenvalue weighted by Gasteiger charge is -2.15. The van der Waals surface area contributed by atoms with Crippen LogP contribution in [-0.2, 0) is 24.8 Å². The second-order valence-electron chi connectivity index (χ2n) is 10.3. The lowest BCUT2D eigenvalue weighted by Crippen LogP contribution is -2.24. The predicted molar refractivity (Wildman–Crippen MR) is 193 cm³/mol. The molecule has 0 radical (unpaired) electrons. The molecule has 2 heterocycles. The summed E-state index contributed by atoms with van der Waals surface area (Å²) in [4.78, 5) is 28.3. The molecule has 49 heavy (non-hydrogen) atoms. The monoisotopic (exact) mass is 841 g/mol. The fourth-order valence-corrected chi connectivity index (χ4v) is 5.12. The number of carbonyl (C=O) groups is 1. The summed E-state index contributed by atoms with van der Waals surface area (Å²) < 4.78 is 46.2. The van der Waals surface area contributed by atoms with E-state index in [1.54, 1.807) is 50.5 Å². The van der Waals surface area contributed by atoms with Gasteiger partial charge in [0.1, 0.15) is 11.6 Å². The molecule has 262 valence electrons. The van der Waals surface area contributed by atoms with E-state index in [2.05, 4.69) is 78.2 Å². The Kier molecular flexibility index (Phi) is 13.5. The first-order valence-electron chi connectivity index (χ1n) is 13.9. The Morgan fingerprint density at radius 2 is 1.10 bits per heavy atom. The van der Waals surface area contributed by atoms with Gasteiger partial charge in [0, 0.05) is 23.8 Å². The largest absolute Gasteiger partial charge is 0.411 e. The molecule has 2 unspecified atom stereocenters. The van der Waals surface area contributed by atoms with E-state index in [0.717, 1.165) is 0 Å². The van der Waals surface area contributed by atoms with Gasteiger partial charge < -0.3 is 26.5 Å². The summed E-state index contributed by atoms with van der Waals surface area (Å²) in [7, 11) is -7.47. The quantitative estimate of drug-likeness (QED) is 0.0596. The van der Waals surface area contributed by atoms with Crippen LogP contribution in [0.15, 0.2) is 84.8 Å². The molecule has 0 bridgehead atoms. The number of nitrogens with zero attached hydrogens (tertiary/aromatic N) is 5. The standard InChI is InChI=1S/C14H17BrN6O3S.C14H16BrN5O3S/c1-8(9(2)21-22)18-13-12(15)7-17-14(20-13)19-10-3-5-11(6-4-10)25(16,23)24;1-8(9(2)21)18-13-12(15)7-17-14(20-13)19-10-3-5-11(6-4-10)24(16,22)23/h3-8,22H,1-2H3,(H2,16,23,24)(H2,17,18,19,20);3-8H,1-2H3,(H2,16,22,23)(H2,17,18,19,20). The van der Waals surface area contributed by atoms with Gasteiger partial charge in [-0.25, -0.2) is 37.1 Å². The maximum absolute atomic E-state index is 11.4. The van der Waals surface area contributed by atoms with Crippen LogP contribution in [0.3, 0.4) is 0 Å². The van der Waals surface area contributed by atoms with Crippen LogP contribution >= 0.6 is 31.9 Å². The first kappa shape index (κ1) is 39.2. The smallest absolute Gasteiger partial charge is 0.238 e. The van der Waals surface area contributed by atoms with Gasteiger partial charge in [0.05, 0.1) is 36.5 Å². The zero-order valence-corrected chi connectivity index (χ0v) is 31.2. The molecule has 0 aliphatic carbocycles. The average molecular weight is 844 g/mol. The molecule has 0 spiro atoms. The average Bonchev–Trinajstić information content (AvgIpc) is 3.03. The van der Waals surface area contributed by atoms with Crippen LogP contribution in [0.1, 0.15) is 27.7 Å². The first-order chi connectivity index (χ1) is 22.9. The highest BCUT2D eigenvalue weighted by Crippen LogP contribution is 2.25. The van der Waals surface area contributed by atoms with Crippen molar-refractivity contribution in [1.29, 1.82) is 0 Å². The fourth-order valence-electron chi connectivity index (χ4n) is 3.47. The normalized spacial score (nSPS) is 12.9. The van der Waals surface area contributed by atoms with E-state index in [1.807, 2.05) is 6.92 Å². The van der Waals surface area contributed by atoms with Crippen molar-refractivity contribution in [2.75, 3.05) is 21.3 Å². The van der Waals surface area contributed by atoms with Crippen LogP contribution in [0.4, 0.5) is 34.9 Å². The first-order valence-corrected chi connectivity index (χ1v) is 18.6. The van der Waals surface area contributed by atoms with E-state index >= 15 is 0 Å². The molecule has 4 aromatic rings. The molecular weight excluding hydrogens is 810 g/mol. The Morgan fingerprint density at radius 1 is 0.735 bits per heavy atom. The van der Waals surface area contributed by atoms with Gasteiger partial charge in [-0.15, -0.1) is 0 Å². The predicted octanol–water partition coefficient (Wildman–Crippen LogP) is 4.30. The van der Waals surface area contributed by atoms with E-state index in [0.29, 0.717) is 49.6 Å². The number of primary sulfonamides is 2. The lowest BCUT2D eigenvalue weighted by molar-refractivity contribution is -0.117. The van der Waals surface area contributed by atoms with Gasteiger partial charge in [-0.1, -0.05) is 5.16 Å². The Morgan fingerprint density at radius 3 is 1.43 bits per heavy atom. The number of hydrogen-bond acceptors (Lipinski definition) is 15. The van der Waals surface area contributed by atoms with Crippen LogP contribution in [0, 0.1) is 0 Å². The maximum atomic E-state index is 11.4. The van der Waals surface area contributed by atoms with E-state index in [4.69, 9.17) is 15.5 Å². The number of Topliss-reactive ketones (excluding diaryl/α,β-unsaturated/α-hetero) is 1. The summed E-state index contributed by atoms with van der Waals surface area (Å²) in [5.74, 6) is 1.55. The SMILES string of the molecule is CC(=NO)C(C)Nc1nc(Nc2ccc(S(N)(=O)=O)cc2)ncc1Br.CC(=O)C(C)Nc1nc(Nc2ccc(S(N)(=O)=O)cc2)ncc1Br. The summed E-state index contributed by atoms with van der Waals surface area (Å²) >= 11 is 6.67. The molecule has 0 fully saturated rings. The Balaban J connectivity index is 0.000000266. The third kappa shape index (κ3) is 12.0. The molecule has 0 aliphatic rings. The van der Waals surface area contributed by atoms with E-state index in [-0.39, 0.29) is 21.6 Å². The highest BCUT2D eigenvalue weighted by molar-refractivity contribution is 9.11. The van der Waals surface area contributed by atoms with Crippen molar-refractivity contribution in [2.45, 2.75) is 49.6 Å². The van der Waals surface area contributed by atoms with Gasteiger partial charge in [-0.3, -0.25) is 4.79 Å². The number of aromatic nitrogens is 4.